The van der Waals surface area contributed by atoms with E-state index in [1.54, 1.807) is 24.3 Å². The highest BCUT2D eigenvalue weighted by Gasteiger charge is 2.38. The van der Waals surface area contributed by atoms with Gasteiger partial charge in [-0.05, 0) is 41.0 Å². The summed E-state index contributed by atoms with van der Waals surface area (Å²) in [5, 5.41) is 0. The third-order valence-corrected chi connectivity index (χ3v) is 5.53. The zero-order valence-corrected chi connectivity index (χ0v) is 19.3. The first-order valence-electron chi connectivity index (χ1n) is 10.7. The largest absolute Gasteiger partial charge is 0.493 e. The van der Waals surface area contributed by atoms with Gasteiger partial charge in [-0.25, -0.2) is 0 Å². The minimum atomic E-state index is -0.357. The maximum absolute atomic E-state index is 13.5. The summed E-state index contributed by atoms with van der Waals surface area (Å²) in [6.07, 6.45) is 3.43. The Morgan fingerprint density at radius 3 is 1.68 bits per heavy atom. The fraction of sp³-hybridized carbons (Fsp3) is 0.143. The lowest BCUT2D eigenvalue weighted by atomic mass is 10.0. The van der Waals surface area contributed by atoms with E-state index in [-0.39, 0.29) is 18.4 Å². The van der Waals surface area contributed by atoms with Crippen molar-refractivity contribution in [1.82, 2.24) is 4.90 Å². The second-order valence-electron chi connectivity index (χ2n) is 7.67. The molecular weight excluding hydrogens is 430 g/mol. The van der Waals surface area contributed by atoms with Crippen LogP contribution in [0.4, 0.5) is 0 Å². The topological polar surface area (TPSA) is 65.1 Å². The maximum atomic E-state index is 13.5. The molecule has 0 radical (unpaired) electrons. The van der Waals surface area contributed by atoms with Gasteiger partial charge >= 0.3 is 0 Å². The van der Waals surface area contributed by atoms with Crippen LogP contribution < -0.4 is 14.2 Å². The summed E-state index contributed by atoms with van der Waals surface area (Å²) in [6, 6.07) is 22.4. The number of carbonyl (C=O) groups is 2. The molecule has 0 spiro atoms. The number of imide groups is 1. The van der Waals surface area contributed by atoms with E-state index in [1.165, 1.54) is 26.2 Å². The second kappa shape index (κ2) is 10.1. The van der Waals surface area contributed by atoms with Gasteiger partial charge in [-0.1, -0.05) is 60.7 Å². The number of hydrogen-bond acceptors (Lipinski definition) is 5. The summed E-state index contributed by atoms with van der Waals surface area (Å²) in [6.45, 7) is 0.192. The van der Waals surface area contributed by atoms with Crippen LogP contribution in [0.5, 0.6) is 17.2 Å². The molecule has 1 aliphatic heterocycles. The van der Waals surface area contributed by atoms with Crippen molar-refractivity contribution in [3.63, 3.8) is 0 Å². The number of benzene rings is 3. The molecule has 1 fully saturated rings. The molecule has 3 aromatic rings. The zero-order valence-electron chi connectivity index (χ0n) is 19.3. The molecule has 0 unspecified atom stereocenters. The van der Waals surface area contributed by atoms with Gasteiger partial charge < -0.3 is 14.2 Å². The fourth-order valence-electron chi connectivity index (χ4n) is 3.87. The van der Waals surface area contributed by atoms with Gasteiger partial charge in [-0.2, -0.15) is 0 Å². The summed E-state index contributed by atoms with van der Waals surface area (Å²) >= 11 is 0. The first-order valence-corrected chi connectivity index (χ1v) is 10.7. The van der Waals surface area contributed by atoms with Gasteiger partial charge in [0.25, 0.3) is 11.8 Å². The normalized spacial score (nSPS) is 15.8. The van der Waals surface area contributed by atoms with Crippen LogP contribution in [0.1, 0.15) is 16.7 Å². The molecule has 172 valence electrons. The van der Waals surface area contributed by atoms with E-state index in [4.69, 9.17) is 14.2 Å². The highest BCUT2D eigenvalue weighted by molar-refractivity contribution is 6.28. The summed E-state index contributed by atoms with van der Waals surface area (Å²) in [5.74, 6) is 0.674. The highest BCUT2D eigenvalue weighted by atomic mass is 16.5. The molecule has 4 rings (SSSR count). The predicted molar refractivity (Wildman–Crippen MR) is 130 cm³/mol. The first-order chi connectivity index (χ1) is 16.5. The molecule has 2 amide bonds. The lowest BCUT2D eigenvalue weighted by Crippen LogP contribution is -2.28. The quantitative estimate of drug-likeness (QED) is 0.380. The van der Waals surface area contributed by atoms with Crippen LogP contribution in [0, 0.1) is 0 Å². The van der Waals surface area contributed by atoms with Crippen molar-refractivity contribution in [1.29, 1.82) is 0 Å². The number of hydrogen-bond donors (Lipinski definition) is 0. The Balaban J connectivity index is 1.82. The molecule has 6 nitrogen and oxygen atoms in total. The molecule has 6 heteroatoms. The van der Waals surface area contributed by atoms with Crippen LogP contribution >= 0.6 is 0 Å². The summed E-state index contributed by atoms with van der Waals surface area (Å²) < 4.78 is 16.3. The van der Waals surface area contributed by atoms with Gasteiger partial charge in [-0.15, -0.1) is 0 Å². The third kappa shape index (κ3) is 4.57. The Hall–Kier alpha value is -4.32. The van der Waals surface area contributed by atoms with Crippen LogP contribution in [0.25, 0.3) is 12.2 Å². The van der Waals surface area contributed by atoms with Gasteiger partial charge in [0, 0.05) is 0 Å². The Kier molecular flexibility index (Phi) is 6.78. The number of rotatable bonds is 7. The van der Waals surface area contributed by atoms with Gasteiger partial charge in [0.1, 0.15) is 0 Å². The molecule has 0 saturated carbocycles. The van der Waals surface area contributed by atoms with Crippen LogP contribution in [-0.4, -0.2) is 38.0 Å². The lowest BCUT2D eigenvalue weighted by molar-refractivity contribution is -0.137. The molecule has 0 N–H and O–H groups in total. The number of nitrogens with zero attached hydrogens (tertiary/aromatic N) is 1. The van der Waals surface area contributed by atoms with E-state index in [2.05, 4.69) is 0 Å². The molecule has 1 saturated heterocycles. The minimum absolute atomic E-state index is 0.192. The van der Waals surface area contributed by atoms with E-state index in [0.717, 1.165) is 11.1 Å². The van der Waals surface area contributed by atoms with Crippen molar-refractivity contribution in [2.45, 2.75) is 6.54 Å². The van der Waals surface area contributed by atoms with Gasteiger partial charge in [0.2, 0.25) is 5.75 Å². The molecule has 3 aromatic carbocycles. The predicted octanol–water partition coefficient (Wildman–Crippen LogP) is 4.75. The Morgan fingerprint density at radius 2 is 1.18 bits per heavy atom. The molecule has 1 aliphatic rings. The van der Waals surface area contributed by atoms with Gasteiger partial charge in [0.15, 0.2) is 11.5 Å². The van der Waals surface area contributed by atoms with Crippen molar-refractivity contribution in [2.24, 2.45) is 0 Å². The van der Waals surface area contributed by atoms with Crippen molar-refractivity contribution >= 4 is 24.0 Å². The Labute approximate surface area is 198 Å². The number of carbonyl (C=O) groups excluding carboxylic acids is 2. The SMILES string of the molecule is COc1cc(/C=C2/C(=O)N(Cc3ccccc3)C(=O)/C2=C/c2ccccc2)cc(OC)c1OC. The molecule has 0 aliphatic carbocycles. The summed E-state index contributed by atoms with van der Waals surface area (Å²) in [5.41, 5.74) is 2.99. The van der Waals surface area contributed by atoms with Crippen LogP contribution in [0.3, 0.4) is 0 Å². The number of amides is 2. The zero-order chi connectivity index (χ0) is 24.1. The molecular formula is C28H25NO5. The highest BCUT2D eigenvalue weighted by Crippen LogP contribution is 2.39. The average molecular weight is 456 g/mol. The molecule has 34 heavy (non-hydrogen) atoms. The standard InChI is InChI=1S/C28H25NO5/c1-32-24-16-21(17-25(33-2)26(24)34-3)15-23-22(14-19-10-6-4-7-11-19)27(30)29(28(23)31)18-20-12-8-5-9-13-20/h4-17H,18H2,1-3H3/b22-14+,23-15+. The maximum Gasteiger partial charge on any atom is 0.261 e. The van der Waals surface area contributed by atoms with E-state index in [9.17, 15) is 9.59 Å². The Bertz CT molecular complexity index is 1240. The van der Waals surface area contributed by atoms with Crippen molar-refractivity contribution in [2.75, 3.05) is 21.3 Å². The number of ether oxygens (including phenoxy) is 3. The van der Waals surface area contributed by atoms with Crippen LogP contribution in [0.15, 0.2) is 83.9 Å². The summed E-state index contributed by atoms with van der Waals surface area (Å²) in [4.78, 5) is 28.1. The van der Waals surface area contributed by atoms with E-state index in [1.807, 2.05) is 60.7 Å². The van der Waals surface area contributed by atoms with Gasteiger partial charge in [0.05, 0.1) is 39.0 Å². The molecule has 0 bridgehead atoms. The molecule has 1 heterocycles. The fourth-order valence-corrected chi connectivity index (χ4v) is 3.87. The van der Waals surface area contributed by atoms with E-state index < -0.39 is 0 Å². The van der Waals surface area contributed by atoms with Crippen molar-refractivity contribution in [3.8, 4) is 17.2 Å². The molecule has 0 aromatic heterocycles. The van der Waals surface area contributed by atoms with Gasteiger partial charge in [-0.3, -0.25) is 14.5 Å². The average Bonchev–Trinajstić information content (AvgIpc) is 3.08. The van der Waals surface area contributed by atoms with E-state index in [0.29, 0.717) is 34.0 Å². The summed E-state index contributed by atoms with van der Waals surface area (Å²) in [7, 11) is 4.58. The number of likely N-dealkylation sites (tertiary alicyclic amines) is 1. The van der Waals surface area contributed by atoms with E-state index >= 15 is 0 Å². The Morgan fingerprint density at radius 1 is 0.676 bits per heavy atom. The monoisotopic (exact) mass is 455 g/mol. The lowest BCUT2D eigenvalue weighted by Gasteiger charge is -2.13. The minimum Gasteiger partial charge on any atom is -0.493 e. The van der Waals surface area contributed by atoms with Crippen molar-refractivity contribution < 1.29 is 23.8 Å². The second-order valence-corrected chi connectivity index (χ2v) is 7.67. The first kappa shape index (κ1) is 22.9. The van der Waals surface area contributed by atoms with Crippen LogP contribution in [-0.2, 0) is 16.1 Å². The smallest absolute Gasteiger partial charge is 0.261 e. The third-order valence-electron chi connectivity index (χ3n) is 5.53. The molecule has 0 atom stereocenters. The van der Waals surface area contributed by atoms with Crippen molar-refractivity contribution in [3.05, 3.63) is 101 Å². The van der Waals surface area contributed by atoms with Crippen LogP contribution in [0.2, 0.25) is 0 Å². The number of methoxy groups -OCH3 is 3.